The fourth-order valence-electron chi connectivity index (χ4n) is 3.22. The van der Waals surface area contributed by atoms with E-state index in [4.69, 9.17) is 9.47 Å². The molecule has 30 heavy (non-hydrogen) atoms. The van der Waals surface area contributed by atoms with Crippen LogP contribution in [0, 0.1) is 0 Å². The molecule has 0 radical (unpaired) electrons. The number of imide groups is 1. The average Bonchev–Trinajstić information content (AvgIpc) is 2.94. The predicted molar refractivity (Wildman–Crippen MR) is 110 cm³/mol. The Hall–Kier alpha value is -3.07. The molecule has 1 saturated heterocycles. The first-order valence-electron chi connectivity index (χ1n) is 9.37. The van der Waals surface area contributed by atoms with E-state index in [0.717, 1.165) is 16.9 Å². The zero-order valence-corrected chi connectivity index (χ0v) is 17.9. The number of methoxy groups -OCH3 is 1. The number of nitrogens with zero attached hydrogens (tertiary/aromatic N) is 1. The largest absolute Gasteiger partial charge is 0.497 e. The summed E-state index contributed by atoms with van der Waals surface area (Å²) in [5.74, 6) is 1.01. The highest BCUT2D eigenvalue weighted by atomic mass is 32.2. The lowest BCUT2D eigenvalue weighted by Crippen LogP contribution is -2.41. The zero-order chi connectivity index (χ0) is 21.9. The Morgan fingerprint density at radius 3 is 2.17 bits per heavy atom. The molecule has 8 nitrogen and oxygen atoms in total. The lowest BCUT2D eigenvalue weighted by atomic mass is 9.92. The number of hydrogen-bond acceptors (Lipinski definition) is 6. The summed E-state index contributed by atoms with van der Waals surface area (Å²) >= 11 is 0. The van der Waals surface area contributed by atoms with Crippen LogP contribution < -0.4 is 14.8 Å². The molecule has 9 heteroatoms. The number of hydrogen-bond donors (Lipinski definition) is 1. The summed E-state index contributed by atoms with van der Waals surface area (Å²) in [5.41, 5.74) is -0.727. The van der Waals surface area contributed by atoms with Gasteiger partial charge in [0.1, 0.15) is 17.0 Å². The summed E-state index contributed by atoms with van der Waals surface area (Å²) in [5, 5.41) is 2.71. The minimum Gasteiger partial charge on any atom is -0.497 e. The van der Waals surface area contributed by atoms with E-state index in [1.807, 2.05) is 0 Å². The van der Waals surface area contributed by atoms with Crippen molar-refractivity contribution in [1.82, 2.24) is 10.2 Å². The second kappa shape index (κ2) is 8.35. The van der Waals surface area contributed by atoms with Crippen molar-refractivity contribution in [3.8, 4) is 11.5 Å². The van der Waals surface area contributed by atoms with E-state index >= 15 is 0 Å². The lowest BCUT2D eigenvalue weighted by molar-refractivity contribution is -0.131. The molecule has 0 saturated carbocycles. The number of benzene rings is 2. The van der Waals surface area contributed by atoms with E-state index in [1.165, 1.54) is 12.1 Å². The van der Waals surface area contributed by atoms with Crippen LogP contribution in [0.4, 0.5) is 4.79 Å². The molecule has 1 N–H and O–H groups in total. The molecular formula is C21H24N2O6S. The normalized spacial score (nSPS) is 19.0. The third-order valence-electron chi connectivity index (χ3n) is 4.99. The first-order chi connectivity index (χ1) is 14.1. The summed E-state index contributed by atoms with van der Waals surface area (Å²) < 4.78 is 34.0. The highest BCUT2D eigenvalue weighted by molar-refractivity contribution is 7.90. The standard InChI is InChI=1S/C21H24N2O6S/c1-21(15-5-11-18(12-6-15)30(3,26)27)19(24)23(20(25)22-21)13-4-14-29-17-9-7-16(28-2)8-10-17/h5-12H,4,13-14H2,1-3H3,(H,22,25). The number of nitrogens with one attached hydrogen (secondary N) is 1. The van der Waals surface area contributed by atoms with Crippen LogP contribution in [0.1, 0.15) is 18.9 Å². The third-order valence-corrected chi connectivity index (χ3v) is 6.12. The van der Waals surface area contributed by atoms with Crippen molar-refractivity contribution in [2.75, 3.05) is 26.5 Å². The molecule has 3 amide bonds. The Labute approximate surface area is 175 Å². The highest BCUT2D eigenvalue weighted by Crippen LogP contribution is 2.29. The maximum Gasteiger partial charge on any atom is 0.325 e. The minimum absolute atomic E-state index is 0.152. The average molecular weight is 432 g/mol. The number of amides is 3. The van der Waals surface area contributed by atoms with E-state index in [0.29, 0.717) is 24.3 Å². The number of carbonyl (C=O) groups is 2. The van der Waals surface area contributed by atoms with Crippen molar-refractivity contribution >= 4 is 21.8 Å². The summed E-state index contributed by atoms with van der Waals surface area (Å²) in [7, 11) is -1.76. The monoisotopic (exact) mass is 432 g/mol. The Kier molecular flexibility index (Phi) is 6.02. The van der Waals surface area contributed by atoms with Gasteiger partial charge in [0.05, 0.1) is 18.6 Å². The second-order valence-electron chi connectivity index (χ2n) is 7.19. The van der Waals surface area contributed by atoms with Crippen LogP contribution in [0.5, 0.6) is 11.5 Å². The van der Waals surface area contributed by atoms with Crippen molar-refractivity contribution in [2.45, 2.75) is 23.8 Å². The van der Waals surface area contributed by atoms with Gasteiger partial charge < -0.3 is 14.8 Å². The molecule has 1 atom stereocenters. The molecule has 0 aromatic heterocycles. The quantitative estimate of drug-likeness (QED) is 0.507. The van der Waals surface area contributed by atoms with Gasteiger partial charge in [0.15, 0.2) is 9.84 Å². The van der Waals surface area contributed by atoms with Gasteiger partial charge in [-0.2, -0.15) is 0 Å². The molecule has 1 fully saturated rings. The van der Waals surface area contributed by atoms with Crippen molar-refractivity contribution in [2.24, 2.45) is 0 Å². The van der Waals surface area contributed by atoms with Crippen LogP contribution in [-0.4, -0.2) is 51.8 Å². The third kappa shape index (κ3) is 4.40. The van der Waals surface area contributed by atoms with Crippen molar-refractivity contribution in [3.63, 3.8) is 0 Å². The van der Waals surface area contributed by atoms with E-state index in [2.05, 4.69) is 5.32 Å². The molecular weight excluding hydrogens is 408 g/mol. The number of rotatable bonds is 8. The Bertz CT molecular complexity index is 1030. The molecule has 1 unspecified atom stereocenters. The van der Waals surface area contributed by atoms with Crippen LogP contribution in [0.2, 0.25) is 0 Å². The van der Waals surface area contributed by atoms with Crippen molar-refractivity contribution < 1.29 is 27.5 Å². The summed E-state index contributed by atoms with van der Waals surface area (Å²) in [6.45, 7) is 2.15. The van der Waals surface area contributed by atoms with Gasteiger partial charge in [-0.1, -0.05) is 12.1 Å². The number of ether oxygens (including phenoxy) is 2. The molecule has 3 rings (SSSR count). The SMILES string of the molecule is COc1ccc(OCCCN2C(=O)NC(C)(c3ccc(S(C)(=O)=O)cc3)C2=O)cc1. The Morgan fingerprint density at radius 2 is 1.60 bits per heavy atom. The molecule has 1 heterocycles. The molecule has 2 aromatic rings. The molecule has 1 aliphatic rings. The van der Waals surface area contributed by atoms with E-state index in [9.17, 15) is 18.0 Å². The van der Waals surface area contributed by atoms with Crippen LogP contribution in [-0.2, 0) is 20.2 Å². The molecule has 0 aliphatic carbocycles. The first-order valence-corrected chi connectivity index (χ1v) is 11.3. The zero-order valence-electron chi connectivity index (χ0n) is 17.0. The topological polar surface area (TPSA) is 102 Å². The maximum atomic E-state index is 12.9. The predicted octanol–water partition coefficient (Wildman–Crippen LogP) is 2.33. The number of carbonyl (C=O) groups excluding carboxylic acids is 2. The van der Waals surface area contributed by atoms with E-state index in [1.54, 1.807) is 50.4 Å². The first kappa shape index (κ1) is 21.6. The Morgan fingerprint density at radius 1 is 1.00 bits per heavy atom. The van der Waals surface area contributed by atoms with E-state index < -0.39 is 21.4 Å². The fraction of sp³-hybridized carbons (Fsp3) is 0.333. The highest BCUT2D eigenvalue weighted by Gasteiger charge is 2.48. The van der Waals surface area contributed by atoms with E-state index in [-0.39, 0.29) is 17.3 Å². The maximum absolute atomic E-state index is 12.9. The van der Waals surface area contributed by atoms with Gasteiger partial charge in [-0.15, -0.1) is 0 Å². The van der Waals surface area contributed by atoms with Gasteiger partial charge in [0, 0.05) is 12.8 Å². The Balaban J connectivity index is 1.61. The van der Waals surface area contributed by atoms with Gasteiger partial charge in [-0.3, -0.25) is 9.69 Å². The van der Waals surface area contributed by atoms with Gasteiger partial charge >= 0.3 is 6.03 Å². The van der Waals surface area contributed by atoms with Gasteiger partial charge in [-0.05, 0) is 55.3 Å². The van der Waals surface area contributed by atoms with Crippen LogP contribution in [0.3, 0.4) is 0 Å². The summed E-state index contributed by atoms with van der Waals surface area (Å²) in [4.78, 5) is 26.6. The van der Waals surface area contributed by atoms with Crippen LogP contribution in [0.15, 0.2) is 53.4 Å². The fourth-order valence-corrected chi connectivity index (χ4v) is 3.85. The molecule has 0 spiro atoms. The molecule has 160 valence electrons. The van der Waals surface area contributed by atoms with Gasteiger partial charge in [0.25, 0.3) is 5.91 Å². The van der Waals surface area contributed by atoms with Crippen LogP contribution in [0.25, 0.3) is 0 Å². The minimum atomic E-state index is -3.34. The van der Waals surface area contributed by atoms with Gasteiger partial charge in [-0.25, -0.2) is 13.2 Å². The van der Waals surface area contributed by atoms with Crippen molar-refractivity contribution in [3.05, 3.63) is 54.1 Å². The number of urea groups is 1. The van der Waals surface area contributed by atoms with Gasteiger partial charge in [0.2, 0.25) is 0 Å². The second-order valence-corrected chi connectivity index (χ2v) is 9.20. The van der Waals surface area contributed by atoms with Crippen molar-refractivity contribution in [1.29, 1.82) is 0 Å². The smallest absolute Gasteiger partial charge is 0.325 e. The summed E-state index contributed by atoms with van der Waals surface area (Å²) in [6.07, 6.45) is 1.58. The number of sulfone groups is 1. The molecule has 2 aromatic carbocycles. The molecule has 0 bridgehead atoms. The van der Waals surface area contributed by atoms with Crippen LogP contribution >= 0.6 is 0 Å². The lowest BCUT2D eigenvalue weighted by Gasteiger charge is -2.22. The summed E-state index contributed by atoms with van der Waals surface area (Å²) in [6, 6.07) is 12.6. The molecule has 1 aliphatic heterocycles.